The topological polar surface area (TPSA) is 46.3 Å². The predicted octanol–water partition coefficient (Wildman–Crippen LogP) is 2.99. The first-order chi connectivity index (χ1) is 10.7. The molecule has 2 aromatic carbocycles. The average Bonchev–Trinajstić information content (AvgIpc) is 2.96. The Morgan fingerprint density at radius 3 is 2.45 bits per heavy atom. The number of carbonyl (C=O) groups is 1. The summed E-state index contributed by atoms with van der Waals surface area (Å²) in [6, 6.07) is 19.0. The smallest absolute Gasteiger partial charge is 0.248 e. The van der Waals surface area contributed by atoms with E-state index >= 15 is 0 Å². The Morgan fingerprint density at radius 1 is 1.05 bits per heavy atom. The van der Waals surface area contributed by atoms with Crippen molar-refractivity contribution in [2.24, 2.45) is 5.73 Å². The minimum absolute atomic E-state index is 0.366. The lowest BCUT2D eigenvalue weighted by Gasteiger charge is -2.24. The van der Waals surface area contributed by atoms with Gasteiger partial charge in [0.1, 0.15) is 0 Å². The summed E-state index contributed by atoms with van der Waals surface area (Å²) in [4.78, 5) is 13.7. The largest absolute Gasteiger partial charge is 0.366 e. The Bertz CT molecular complexity index is 622. The van der Waals surface area contributed by atoms with Crippen LogP contribution < -0.4 is 5.73 Å². The van der Waals surface area contributed by atoms with E-state index in [2.05, 4.69) is 35.2 Å². The Balaban J connectivity index is 1.64. The number of likely N-dealkylation sites (tertiary alicyclic amines) is 1. The van der Waals surface area contributed by atoms with Gasteiger partial charge in [-0.1, -0.05) is 42.5 Å². The monoisotopic (exact) mass is 294 g/mol. The van der Waals surface area contributed by atoms with Crippen LogP contribution in [0.3, 0.4) is 0 Å². The average molecular weight is 294 g/mol. The van der Waals surface area contributed by atoms with Gasteiger partial charge in [0.2, 0.25) is 5.91 Å². The van der Waals surface area contributed by atoms with Gasteiger partial charge in [-0.15, -0.1) is 0 Å². The summed E-state index contributed by atoms with van der Waals surface area (Å²) in [5, 5.41) is 0. The van der Waals surface area contributed by atoms with E-state index in [-0.39, 0.29) is 5.91 Å². The summed E-state index contributed by atoms with van der Waals surface area (Å²) >= 11 is 0. The molecule has 0 aliphatic carbocycles. The molecule has 0 radical (unpaired) electrons. The third kappa shape index (κ3) is 3.55. The van der Waals surface area contributed by atoms with Crippen LogP contribution >= 0.6 is 0 Å². The summed E-state index contributed by atoms with van der Waals surface area (Å²) in [5.74, 6) is -0.366. The van der Waals surface area contributed by atoms with E-state index in [0.717, 1.165) is 19.5 Å². The van der Waals surface area contributed by atoms with Gasteiger partial charge in [0.25, 0.3) is 0 Å². The van der Waals surface area contributed by atoms with Gasteiger partial charge in [-0.25, -0.2) is 0 Å². The van der Waals surface area contributed by atoms with Crippen LogP contribution in [-0.2, 0) is 13.0 Å². The molecule has 22 heavy (non-hydrogen) atoms. The Kier molecular flexibility index (Phi) is 4.54. The molecule has 0 saturated carbocycles. The van der Waals surface area contributed by atoms with Gasteiger partial charge in [0.05, 0.1) is 0 Å². The first kappa shape index (κ1) is 14.8. The van der Waals surface area contributed by atoms with Crippen LogP contribution in [0.25, 0.3) is 0 Å². The Morgan fingerprint density at radius 2 is 1.77 bits per heavy atom. The van der Waals surface area contributed by atoms with Crippen molar-refractivity contribution in [2.75, 3.05) is 6.54 Å². The third-order valence-electron chi connectivity index (χ3n) is 4.44. The number of benzene rings is 2. The molecule has 1 saturated heterocycles. The van der Waals surface area contributed by atoms with Gasteiger partial charge in [0, 0.05) is 18.2 Å². The molecular formula is C19H22N2O. The van der Waals surface area contributed by atoms with E-state index in [1.165, 1.54) is 24.0 Å². The predicted molar refractivity (Wildman–Crippen MR) is 88.5 cm³/mol. The molecule has 1 amide bonds. The molecule has 1 aliphatic heterocycles. The van der Waals surface area contributed by atoms with E-state index in [1.807, 2.05) is 24.3 Å². The van der Waals surface area contributed by atoms with Crippen molar-refractivity contribution >= 4 is 5.91 Å². The quantitative estimate of drug-likeness (QED) is 0.921. The normalized spacial score (nSPS) is 18.5. The lowest BCUT2D eigenvalue weighted by atomic mass is 10.0. The second kappa shape index (κ2) is 6.75. The molecule has 3 rings (SSSR count). The van der Waals surface area contributed by atoms with Gasteiger partial charge in [0.15, 0.2) is 0 Å². The summed E-state index contributed by atoms with van der Waals surface area (Å²) in [7, 11) is 0. The van der Waals surface area contributed by atoms with Gasteiger partial charge in [-0.3, -0.25) is 9.69 Å². The number of amides is 1. The van der Waals surface area contributed by atoms with Crippen molar-refractivity contribution in [1.82, 2.24) is 4.90 Å². The fourth-order valence-electron chi connectivity index (χ4n) is 3.23. The van der Waals surface area contributed by atoms with Gasteiger partial charge in [-0.05, 0) is 49.1 Å². The summed E-state index contributed by atoms with van der Waals surface area (Å²) in [6.45, 7) is 2.09. The van der Waals surface area contributed by atoms with E-state index in [4.69, 9.17) is 5.73 Å². The lowest BCUT2D eigenvalue weighted by Crippen LogP contribution is -2.30. The van der Waals surface area contributed by atoms with Crippen molar-refractivity contribution < 1.29 is 4.79 Å². The highest BCUT2D eigenvalue weighted by molar-refractivity contribution is 5.92. The van der Waals surface area contributed by atoms with Crippen LogP contribution in [0.4, 0.5) is 0 Å². The van der Waals surface area contributed by atoms with Crippen molar-refractivity contribution in [3.63, 3.8) is 0 Å². The number of nitrogens with zero attached hydrogens (tertiary/aromatic N) is 1. The van der Waals surface area contributed by atoms with Crippen LogP contribution in [0, 0.1) is 0 Å². The van der Waals surface area contributed by atoms with E-state index in [0.29, 0.717) is 11.6 Å². The molecule has 114 valence electrons. The number of hydrogen-bond acceptors (Lipinski definition) is 2. The SMILES string of the molecule is NC(=O)c1ccc(CN2CCC[C@@H]2Cc2ccccc2)cc1. The number of nitrogens with two attached hydrogens (primary N) is 1. The Labute approximate surface area is 131 Å². The standard InChI is InChI=1S/C19H22N2O/c20-19(22)17-10-8-16(9-11-17)14-21-12-4-7-18(21)13-15-5-2-1-3-6-15/h1-3,5-6,8-11,18H,4,7,12-14H2,(H2,20,22)/t18-/m1/s1. The zero-order valence-corrected chi connectivity index (χ0v) is 12.7. The molecular weight excluding hydrogens is 272 g/mol. The van der Waals surface area contributed by atoms with Gasteiger partial charge >= 0.3 is 0 Å². The first-order valence-corrected chi connectivity index (χ1v) is 7.89. The van der Waals surface area contributed by atoms with Crippen molar-refractivity contribution in [3.8, 4) is 0 Å². The molecule has 2 aromatic rings. The van der Waals surface area contributed by atoms with Gasteiger partial charge < -0.3 is 5.73 Å². The van der Waals surface area contributed by atoms with E-state index in [9.17, 15) is 4.79 Å². The summed E-state index contributed by atoms with van der Waals surface area (Å²) < 4.78 is 0. The van der Waals surface area contributed by atoms with Crippen LogP contribution in [-0.4, -0.2) is 23.4 Å². The maximum Gasteiger partial charge on any atom is 0.248 e. The third-order valence-corrected chi connectivity index (χ3v) is 4.44. The number of hydrogen-bond donors (Lipinski definition) is 1. The van der Waals surface area contributed by atoms with Crippen LogP contribution in [0.5, 0.6) is 0 Å². The highest BCUT2D eigenvalue weighted by Gasteiger charge is 2.24. The van der Waals surface area contributed by atoms with Crippen LogP contribution in [0.15, 0.2) is 54.6 Å². The highest BCUT2D eigenvalue weighted by atomic mass is 16.1. The minimum atomic E-state index is -0.366. The molecule has 0 unspecified atom stereocenters. The molecule has 3 heteroatoms. The second-order valence-corrected chi connectivity index (χ2v) is 6.02. The first-order valence-electron chi connectivity index (χ1n) is 7.89. The summed E-state index contributed by atoms with van der Waals surface area (Å²) in [5.41, 5.74) is 8.51. The highest BCUT2D eigenvalue weighted by Crippen LogP contribution is 2.23. The maximum atomic E-state index is 11.1. The number of rotatable bonds is 5. The molecule has 3 nitrogen and oxygen atoms in total. The van der Waals surface area contributed by atoms with Crippen molar-refractivity contribution in [1.29, 1.82) is 0 Å². The van der Waals surface area contributed by atoms with E-state index in [1.54, 1.807) is 0 Å². The minimum Gasteiger partial charge on any atom is -0.366 e. The van der Waals surface area contributed by atoms with Crippen LogP contribution in [0.1, 0.15) is 34.3 Å². The van der Waals surface area contributed by atoms with E-state index < -0.39 is 0 Å². The second-order valence-electron chi connectivity index (χ2n) is 6.02. The van der Waals surface area contributed by atoms with Crippen molar-refractivity contribution in [3.05, 3.63) is 71.3 Å². The zero-order valence-electron chi connectivity index (χ0n) is 12.7. The molecule has 1 heterocycles. The molecule has 0 aromatic heterocycles. The summed E-state index contributed by atoms with van der Waals surface area (Å²) in [6.07, 6.45) is 3.63. The number of primary amides is 1. The maximum absolute atomic E-state index is 11.1. The van der Waals surface area contributed by atoms with Crippen molar-refractivity contribution in [2.45, 2.75) is 31.8 Å². The molecule has 0 spiro atoms. The molecule has 1 aliphatic rings. The molecule has 0 bridgehead atoms. The van der Waals surface area contributed by atoms with Crippen LogP contribution in [0.2, 0.25) is 0 Å². The zero-order chi connectivity index (χ0) is 15.4. The molecule has 1 atom stereocenters. The van der Waals surface area contributed by atoms with Gasteiger partial charge in [-0.2, -0.15) is 0 Å². The lowest BCUT2D eigenvalue weighted by molar-refractivity contribution is 0.100. The number of carbonyl (C=O) groups excluding carboxylic acids is 1. The fourth-order valence-corrected chi connectivity index (χ4v) is 3.23. The Hall–Kier alpha value is -2.13. The molecule has 2 N–H and O–H groups in total. The fraction of sp³-hybridized carbons (Fsp3) is 0.316. The molecule has 1 fully saturated rings.